The van der Waals surface area contributed by atoms with Crippen molar-refractivity contribution in [2.75, 3.05) is 0 Å². The zero-order valence-electron chi connectivity index (χ0n) is 8.32. The van der Waals surface area contributed by atoms with Gasteiger partial charge in [0.1, 0.15) is 0 Å². The number of rotatable bonds is 2. The van der Waals surface area contributed by atoms with Crippen LogP contribution < -0.4 is 0 Å². The molecule has 0 saturated carbocycles. The van der Waals surface area contributed by atoms with Crippen LogP contribution in [0.4, 0.5) is 11.4 Å². The van der Waals surface area contributed by atoms with Crippen LogP contribution in [0.15, 0.2) is 32.7 Å². The van der Waals surface area contributed by atoms with Gasteiger partial charge in [0.25, 0.3) is 0 Å². The molecular weight excluding hydrogens is 260 g/mol. The van der Waals surface area contributed by atoms with Gasteiger partial charge in [-0.1, -0.05) is 19.9 Å². The van der Waals surface area contributed by atoms with Crippen molar-refractivity contribution in [3.63, 3.8) is 0 Å². The lowest BCUT2D eigenvalue weighted by molar-refractivity contribution is 0.565. The first-order valence-corrected chi connectivity index (χ1v) is 5.03. The Hall–Kier alpha value is -1.54. The van der Waals surface area contributed by atoms with Crippen molar-refractivity contribution in [3.8, 4) is 0 Å². The standard InChI is InChI=1S/C8H3BrN2O2.C2H6/c9-8-6(10-4-12)2-1-3-7(8)11-5-13;1-2/h1-3H;1-2H3. The van der Waals surface area contributed by atoms with Gasteiger partial charge < -0.3 is 0 Å². The largest absolute Gasteiger partial charge is 0.240 e. The van der Waals surface area contributed by atoms with Crippen LogP contribution in [0.2, 0.25) is 0 Å². The number of hydrogen-bond donors (Lipinski definition) is 0. The first-order chi connectivity index (χ1) is 7.29. The first kappa shape index (κ1) is 13.5. The summed E-state index contributed by atoms with van der Waals surface area (Å²) in [7, 11) is 0. The topological polar surface area (TPSA) is 58.9 Å². The van der Waals surface area contributed by atoms with E-state index in [9.17, 15) is 9.59 Å². The van der Waals surface area contributed by atoms with Crippen LogP contribution in [0.3, 0.4) is 0 Å². The molecule has 0 fully saturated rings. The van der Waals surface area contributed by atoms with E-state index in [4.69, 9.17) is 0 Å². The summed E-state index contributed by atoms with van der Waals surface area (Å²) in [6.07, 6.45) is 2.80. The Kier molecular flexibility index (Phi) is 7.02. The van der Waals surface area contributed by atoms with Gasteiger partial charge in [-0.3, -0.25) is 0 Å². The third-order valence-corrected chi connectivity index (χ3v) is 2.10. The van der Waals surface area contributed by atoms with Gasteiger partial charge in [0.2, 0.25) is 12.2 Å². The Morgan fingerprint density at radius 2 is 1.47 bits per heavy atom. The van der Waals surface area contributed by atoms with Gasteiger partial charge in [-0.15, -0.1) is 0 Å². The molecule has 0 spiro atoms. The van der Waals surface area contributed by atoms with Crippen molar-refractivity contribution >= 4 is 39.5 Å². The molecule has 15 heavy (non-hydrogen) atoms. The predicted octanol–water partition coefficient (Wildman–Crippen LogP) is 3.41. The van der Waals surface area contributed by atoms with Crippen molar-refractivity contribution in [2.45, 2.75) is 13.8 Å². The summed E-state index contributed by atoms with van der Waals surface area (Å²) in [5, 5.41) is 0. The van der Waals surface area contributed by atoms with E-state index < -0.39 is 0 Å². The number of benzene rings is 1. The maximum Gasteiger partial charge on any atom is 0.240 e. The van der Waals surface area contributed by atoms with Crippen molar-refractivity contribution in [2.24, 2.45) is 9.98 Å². The minimum Gasteiger partial charge on any atom is -0.211 e. The molecule has 0 atom stereocenters. The second kappa shape index (κ2) is 7.83. The molecule has 0 radical (unpaired) electrons. The molecule has 0 saturated heterocycles. The van der Waals surface area contributed by atoms with E-state index in [0.29, 0.717) is 15.8 Å². The number of halogens is 1. The van der Waals surface area contributed by atoms with Crippen LogP contribution in [0.25, 0.3) is 0 Å². The summed E-state index contributed by atoms with van der Waals surface area (Å²) >= 11 is 3.14. The quantitative estimate of drug-likeness (QED) is 0.610. The molecular formula is C10H9BrN2O2. The highest BCUT2D eigenvalue weighted by molar-refractivity contribution is 9.10. The van der Waals surface area contributed by atoms with Gasteiger partial charge in [0.05, 0.1) is 15.8 Å². The fourth-order valence-corrected chi connectivity index (χ4v) is 1.22. The minimum absolute atomic E-state index is 0.381. The summed E-state index contributed by atoms with van der Waals surface area (Å²) in [5.74, 6) is 0. The third-order valence-electron chi connectivity index (χ3n) is 1.29. The molecule has 0 aliphatic carbocycles. The summed E-state index contributed by atoms with van der Waals surface area (Å²) in [4.78, 5) is 26.8. The normalized spacial score (nSPS) is 7.67. The summed E-state index contributed by atoms with van der Waals surface area (Å²) in [6.45, 7) is 4.00. The van der Waals surface area contributed by atoms with Gasteiger partial charge >= 0.3 is 0 Å². The average Bonchev–Trinajstić information content (AvgIpc) is 2.27. The van der Waals surface area contributed by atoms with Crippen LogP contribution in [0.1, 0.15) is 13.8 Å². The fraction of sp³-hybridized carbons (Fsp3) is 0.200. The van der Waals surface area contributed by atoms with Crippen molar-refractivity contribution in [3.05, 3.63) is 22.7 Å². The lowest BCUT2D eigenvalue weighted by Crippen LogP contribution is -1.70. The molecule has 1 rings (SSSR count). The number of isocyanates is 2. The maximum absolute atomic E-state index is 9.98. The van der Waals surface area contributed by atoms with Gasteiger partial charge in [-0.25, -0.2) is 9.59 Å². The number of carbonyl (C=O) groups excluding carboxylic acids is 2. The van der Waals surface area contributed by atoms with Gasteiger partial charge in [-0.2, -0.15) is 9.98 Å². The van der Waals surface area contributed by atoms with E-state index in [1.807, 2.05) is 13.8 Å². The molecule has 0 aliphatic heterocycles. The highest BCUT2D eigenvalue weighted by atomic mass is 79.9. The highest BCUT2D eigenvalue weighted by Gasteiger charge is 2.02. The Morgan fingerprint density at radius 1 is 1.07 bits per heavy atom. The molecule has 78 valence electrons. The molecule has 1 aromatic carbocycles. The fourth-order valence-electron chi connectivity index (χ4n) is 0.779. The first-order valence-electron chi connectivity index (χ1n) is 4.24. The molecule has 0 bridgehead atoms. The van der Waals surface area contributed by atoms with Crippen LogP contribution >= 0.6 is 15.9 Å². The molecule has 0 N–H and O–H groups in total. The second-order valence-electron chi connectivity index (χ2n) is 2.02. The highest BCUT2D eigenvalue weighted by Crippen LogP contribution is 2.33. The summed E-state index contributed by atoms with van der Waals surface area (Å²) in [6, 6.07) is 4.81. The van der Waals surface area contributed by atoms with Crippen LogP contribution in [-0.2, 0) is 9.59 Å². The molecule has 0 unspecified atom stereocenters. The Balaban J connectivity index is 0.000000921. The average molecular weight is 269 g/mol. The molecule has 0 heterocycles. The lowest BCUT2D eigenvalue weighted by Gasteiger charge is -1.97. The lowest BCUT2D eigenvalue weighted by atomic mass is 10.3. The predicted molar refractivity (Wildman–Crippen MR) is 61.1 cm³/mol. The van der Waals surface area contributed by atoms with E-state index in [2.05, 4.69) is 25.9 Å². The van der Waals surface area contributed by atoms with E-state index in [-0.39, 0.29) is 0 Å². The minimum atomic E-state index is 0.381. The Labute approximate surface area is 95.9 Å². The monoisotopic (exact) mass is 268 g/mol. The smallest absolute Gasteiger partial charge is 0.211 e. The second-order valence-corrected chi connectivity index (χ2v) is 2.81. The van der Waals surface area contributed by atoms with E-state index >= 15 is 0 Å². The van der Waals surface area contributed by atoms with Crippen LogP contribution in [-0.4, -0.2) is 12.2 Å². The van der Waals surface area contributed by atoms with Crippen LogP contribution in [0, 0.1) is 0 Å². The summed E-state index contributed by atoms with van der Waals surface area (Å²) in [5.41, 5.74) is 0.762. The molecule has 1 aromatic rings. The Bertz CT molecular complexity index is 383. The van der Waals surface area contributed by atoms with Gasteiger partial charge in [0.15, 0.2) is 0 Å². The summed E-state index contributed by atoms with van der Waals surface area (Å²) < 4.78 is 0.474. The Morgan fingerprint density at radius 3 is 1.80 bits per heavy atom. The molecule has 0 aliphatic rings. The van der Waals surface area contributed by atoms with Crippen molar-refractivity contribution in [1.29, 1.82) is 0 Å². The van der Waals surface area contributed by atoms with Crippen molar-refractivity contribution in [1.82, 2.24) is 0 Å². The van der Waals surface area contributed by atoms with E-state index in [1.165, 1.54) is 12.2 Å². The van der Waals surface area contributed by atoms with E-state index in [0.717, 1.165) is 0 Å². The molecule has 0 aromatic heterocycles. The SMILES string of the molecule is CC.O=C=Nc1cccc(N=C=O)c1Br. The number of hydrogen-bond acceptors (Lipinski definition) is 4. The van der Waals surface area contributed by atoms with Gasteiger partial charge in [-0.05, 0) is 28.1 Å². The zero-order chi connectivity index (χ0) is 11.7. The molecule has 4 nitrogen and oxygen atoms in total. The number of nitrogens with zero attached hydrogens (tertiary/aromatic N) is 2. The number of aliphatic imine (C=N–C) groups is 2. The maximum atomic E-state index is 9.98. The molecule has 0 amide bonds. The zero-order valence-corrected chi connectivity index (χ0v) is 9.91. The molecule has 5 heteroatoms. The third kappa shape index (κ3) is 4.00. The van der Waals surface area contributed by atoms with Gasteiger partial charge in [0, 0.05) is 0 Å². The van der Waals surface area contributed by atoms with Crippen LogP contribution in [0.5, 0.6) is 0 Å². The van der Waals surface area contributed by atoms with E-state index in [1.54, 1.807) is 18.2 Å². The van der Waals surface area contributed by atoms with Crippen molar-refractivity contribution < 1.29 is 9.59 Å².